The third-order valence-corrected chi connectivity index (χ3v) is 3.78. The first-order chi connectivity index (χ1) is 10.2. The summed E-state index contributed by atoms with van der Waals surface area (Å²) in [6.07, 6.45) is 1.82. The van der Waals surface area contributed by atoms with Gasteiger partial charge in [0.25, 0.3) is 0 Å². The van der Waals surface area contributed by atoms with E-state index in [1.807, 2.05) is 36.1 Å². The van der Waals surface area contributed by atoms with Crippen molar-refractivity contribution in [3.63, 3.8) is 0 Å². The van der Waals surface area contributed by atoms with Crippen LogP contribution in [0.1, 0.15) is 31.5 Å². The molecule has 0 spiro atoms. The molecule has 1 N–H and O–H groups in total. The lowest BCUT2D eigenvalue weighted by molar-refractivity contribution is -0.129. The van der Waals surface area contributed by atoms with E-state index in [0.29, 0.717) is 0 Å². The second-order valence-corrected chi connectivity index (χ2v) is 5.30. The Morgan fingerprint density at radius 1 is 1.29 bits per heavy atom. The highest BCUT2D eigenvalue weighted by molar-refractivity contribution is 5.84. The molecular weight excluding hydrogens is 268 g/mol. The molecule has 0 aromatic heterocycles. The molecule has 1 aromatic rings. The van der Waals surface area contributed by atoms with E-state index >= 15 is 0 Å². The van der Waals surface area contributed by atoms with Gasteiger partial charge in [-0.1, -0.05) is 12.1 Å². The lowest BCUT2D eigenvalue weighted by Gasteiger charge is -2.25. The maximum Gasteiger partial charge on any atom is 0.241 e. The molecule has 1 aliphatic heterocycles. The number of amides is 1. The number of hydrogen-bond donors (Lipinski definition) is 1. The molecule has 2 unspecified atom stereocenters. The van der Waals surface area contributed by atoms with Crippen molar-refractivity contribution in [2.24, 2.45) is 0 Å². The van der Waals surface area contributed by atoms with Gasteiger partial charge in [-0.2, -0.15) is 0 Å². The van der Waals surface area contributed by atoms with Gasteiger partial charge < -0.3 is 14.4 Å². The second-order valence-electron chi connectivity index (χ2n) is 5.30. The van der Waals surface area contributed by atoms with Gasteiger partial charge in [0.1, 0.15) is 11.9 Å². The van der Waals surface area contributed by atoms with E-state index in [-0.39, 0.29) is 18.1 Å². The van der Waals surface area contributed by atoms with Crippen molar-refractivity contribution in [1.82, 2.24) is 10.2 Å². The zero-order valence-corrected chi connectivity index (χ0v) is 13.0. The minimum atomic E-state index is -0.149. The van der Waals surface area contributed by atoms with Crippen molar-refractivity contribution in [3.05, 3.63) is 29.8 Å². The smallest absolute Gasteiger partial charge is 0.241 e. The fourth-order valence-corrected chi connectivity index (χ4v) is 2.63. The molecular formula is C16H24N2O3. The fraction of sp³-hybridized carbons (Fsp3) is 0.562. The van der Waals surface area contributed by atoms with Crippen LogP contribution in [0.25, 0.3) is 0 Å². The van der Waals surface area contributed by atoms with Gasteiger partial charge in [0.2, 0.25) is 5.91 Å². The topological polar surface area (TPSA) is 50.8 Å². The molecule has 0 bridgehead atoms. The molecule has 2 rings (SSSR count). The van der Waals surface area contributed by atoms with E-state index in [4.69, 9.17) is 9.47 Å². The second kappa shape index (κ2) is 7.43. The predicted molar refractivity (Wildman–Crippen MR) is 81.2 cm³/mol. The van der Waals surface area contributed by atoms with Gasteiger partial charge >= 0.3 is 0 Å². The van der Waals surface area contributed by atoms with Crippen LogP contribution in [-0.4, -0.2) is 44.2 Å². The van der Waals surface area contributed by atoms with Crippen molar-refractivity contribution in [2.45, 2.75) is 32.0 Å². The zero-order chi connectivity index (χ0) is 15.2. The maximum atomic E-state index is 12.3. The Balaban J connectivity index is 2.09. The van der Waals surface area contributed by atoms with Gasteiger partial charge in [0.05, 0.1) is 13.2 Å². The molecule has 1 fully saturated rings. The molecule has 1 heterocycles. The quantitative estimate of drug-likeness (QED) is 0.780. The van der Waals surface area contributed by atoms with Crippen molar-refractivity contribution in [2.75, 3.05) is 27.4 Å². The number of carbonyl (C=O) groups is 1. The van der Waals surface area contributed by atoms with E-state index in [1.165, 1.54) is 0 Å². The van der Waals surface area contributed by atoms with Crippen molar-refractivity contribution in [1.29, 1.82) is 0 Å². The molecule has 2 atom stereocenters. The van der Waals surface area contributed by atoms with Crippen LogP contribution in [-0.2, 0) is 9.53 Å². The van der Waals surface area contributed by atoms with Crippen LogP contribution in [0.2, 0.25) is 0 Å². The lowest BCUT2D eigenvalue weighted by atomic mass is 10.1. The molecule has 1 amide bonds. The van der Waals surface area contributed by atoms with E-state index < -0.39 is 0 Å². The summed E-state index contributed by atoms with van der Waals surface area (Å²) in [4.78, 5) is 14.2. The van der Waals surface area contributed by atoms with Gasteiger partial charge in [0.15, 0.2) is 0 Å². The molecule has 1 saturated heterocycles. The fourth-order valence-electron chi connectivity index (χ4n) is 2.63. The van der Waals surface area contributed by atoms with Crippen LogP contribution in [0.3, 0.4) is 0 Å². The monoisotopic (exact) mass is 292 g/mol. The van der Waals surface area contributed by atoms with Gasteiger partial charge in [-0.3, -0.25) is 10.1 Å². The molecule has 5 nitrogen and oxygen atoms in total. The normalized spacial score (nSPS) is 21.9. The zero-order valence-electron chi connectivity index (χ0n) is 13.0. The molecule has 0 aliphatic carbocycles. The van der Waals surface area contributed by atoms with Crippen molar-refractivity contribution >= 4 is 5.91 Å². The van der Waals surface area contributed by atoms with Crippen LogP contribution in [0.15, 0.2) is 24.3 Å². The van der Waals surface area contributed by atoms with E-state index in [2.05, 4.69) is 5.32 Å². The number of methoxy groups -OCH3 is 2. The summed E-state index contributed by atoms with van der Waals surface area (Å²) in [5.74, 6) is 0.959. The van der Waals surface area contributed by atoms with Gasteiger partial charge in [-0.25, -0.2) is 0 Å². The van der Waals surface area contributed by atoms with E-state index in [1.54, 1.807) is 14.2 Å². The minimum Gasteiger partial charge on any atom is -0.497 e. The summed E-state index contributed by atoms with van der Waals surface area (Å²) in [5, 5.41) is 3.35. The van der Waals surface area contributed by atoms with Crippen LogP contribution < -0.4 is 10.1 Å². The first-order valence-electron chi connectivity index (χ1n) is 7.36. The highest BCUT2D eigenvalue weighted by atomic mass is 16.5. The standard InChI is InChI=1S/C16H24N2O3/c1-12-16(19)18(9-4-5-10-20-2)15(17-12)13-7-6-8-14(11-13)21-3/h6-8,11-12,15,17H,4-5,9-10H2,1-3H3. The average molecular weight is 292 g/mol. The van der Waals surface area contributed by atoms with Crippen LogP contribution in [0, 0.1) is 0 Å². The first-order valence-corrected chi connectivity index (χ1v) is 7.36. The van der Waals surface area contributed by atoms with Crippen LogP contribution in [0.5, 0.6) is 5.75 Å². The predicted octanol–water partition coefficient (Wildman–Crippen LogP) is 1.94. The van der Waals surface area contributed by atoms with Gasteiger partial charge in [-0.05, 0) is 37.5 Å². The molecule has 5 heteroatoms. The minimum absolute atomic E-state index is 0.0786. The van der Waals surface area contributed by atoms with Crippen LogP contribution in [0.4, 0.5) is 0 Å². The Kier molecular flexibility index (Phi) is 5.59. The Hall–Kier alpha value is -1.59. The number of unbranched alkanes of at least 4 members (excludes halogenated alkanes) is 1. The highest BCUT2D eigenvalue weighted by Gasteiger charge is 2.36. The molecule has 1 aliphatic rings. The lowest BCUT2D eigenvalue weighted by Crippen LogP contribution is -2.31. The maximum absolute atomic E-state index is 12.3. The summed E-state index contributed by atoms with van der Waals surface area (Å²) < 4.78 is 10.3. The van der Waals surface area contributed by atoms with Crippen molar-refractivity contribution < 1.29 is 14.3 Å². The van der Waals surface area contributed by atoms with E-state index in [0.717, 1.165) is 37.3 Å². The highest BCUT2D eigenvalue weighted by Crippen LogP contribution is 2.27. The average Bonchev–Trinajstić information content (AvgIpc) is 2.79. The third kappa shape index (κ3) is 3.74. The number of carbonyl (C=O) groups excluding carboxylic acids is 1. The number of ether oxygens (including phenoxy) is 2. The molecule has 21 heavy (non-hydrogen) atoms. The summed E-state index contributed by atoms with van der Waals surface area (Å²) >= 11 is 0. The Morgan fingerprint density at radius 2 is 2.10 bits per heavy atom. The first kappa shape index (κ1) is 15.8. The van der Waals surface area contributed by atoms with Gasteiger partial charge in [0, 0.05) is 20.3 Å². The number of nitrogens with one attached hydrogen (secondary N) is 1. The SMILES string of the molecule is COCCCCN1C(=O)C(C)NC1c1cccc(OC)c1. The summed E-state index contributed by atoms with van der Waals surface area (Å²) in [6, 6.07) is 7.71. The largest absolute Gasteiger partial charge is 0.497 e. The summed E-state index contributed by atoms with van der Waals surface area (Å²) in [7, 11) is 3.35. The molecule has 1 aromatic carbocycles. The number of rotatable bonds is 7. The molecule has 0 saturated carbocycles. The Morgan fingerprint density at radius 3 is 2.81 bits per heavy atom. The number of benzene rings is 1. The number of nitrogens with zero attached hydrogens (tertiary/aromatic N) is 1. The number of hydrogen-bond acceptors (Lipinski definition) is 4. The Bertz CT molecular complexity index is 478. The summed E-state index contributed by atoms with van der Waals surface area (Å²) in [6.45, 7) is 3.38. The van der Waals surface area contributed by atoms with Crippen LogP contribution >= 0.6 is 0 Å². The summed E-state index contributed by atoms with van der Waals surface area (Å²) in [5.41, 5.74) is 1.05. The van der Waals surface area contributed by atoms with E-state index in [9.17, 15) is 4.79 Å². The Labute approximate surface area is 126 Å². The molecule has 0 radical (unpaired) electrons. The van der Waals surface area contributed by atoms with Crippen molar-refractivity contribution in [3.8, 4) is 5.75 Å². The van der Waals surface area contributed by atoms with Gasteiger partial charge in [-0.15, -0.1) is 0 Å². The third-order valence-electron chi connectivity index (χ3n) is 3.78. The molecule has 116 valence electrons.